The number of carbonyl (C=O) groups is 2. The van der Waals surface area contributed by atoms with Crippen molar-refractivity contribution in [3.05, 3.63) is 50.8 Å². The predicted molar refractivity (Wildman–Crippen MR) is 113 cm³/mol. The molecule has 0 spiro atoms. The maximum atomic E-state index is 12.5. The summed E-state index contributed by atoms with van der Waals surface area (Å²) in [6, 6.07) is 8.09. The van der Waals surface area contributed by atoms with Crippen LogP contribution in [0.4, 0.5) is 0 Å². The Balaban J connectivity index is 1.79. The third-order valence-electron chi connectivity index (χ3n) is 4.01. The van der Waals surface area contributed by atoms with Crippen molar-refractivity contribution in [3.63, 3.8) is 0 Å². The molecular weight excluding hydrogens is 439 g/mol. The summed E-state index contributed by atoms with van der Waals surface area (Å²) in [6.07, 6.45) is 0. The molecule has 0 saturated heterocycles. The van der Waals surface area contributed by atoms with Crippen LogP contribution in [-0.2, 0) is 0 Å². The Morgan fingerprint density at radius 2 is 1.52 bits per heavy atom. The van der Waals surface area contributed by atoms with Crippen LogP contribution in [0.25, 0.3) is 10.1 Å². The molecule has 0 unspecified atom stereocenters. The molecule has 1 heterocycles. The molecule has 3 aromatic rings. The summed E-state index contributed by atoms with van der Waals surface area (Å²) in [7, 11) is 4.34. The number of fused-ring (bicyclic) bond motifs is 1. The lowest BCUT2D eigenvalue weighted by molar-refractivity contribution is 0.0848. The van der Waals surface area contributed by atoms with Gasteiger partial charge in [0.2, 0.25) is 5.75 Å². The van der Waals surface area contributed by atoms with Crippen molar-refractivity contribution in [1.29, 1.82) is 0 Å². The topological polar surface area (TPSA) is 85.9 Å². The normalized spacial score (nSPS) is 10.5. The second kappa shape index (κ2) is 8.77. The highest BCUT2D eigenvalue weighted by molar-refractivity contribution is 7.21. The number of thiophene rings is 1. The van der Waals surface area contributed by atoms with Gasteiger partial charge in [-0.05, 0) is 24.3 Å². The van der Waals surface area contributed by atoms with Crippen molar-refractivity contribution >= 4 is 56.4 Å². The second-order valence-electron chi connectivity index (χ2n) is 5.71. The van der Waals surface area contributed by atoms with Gasteiger partial charge in [0.1, 0.15) is 4.88 Å². The molecule has 2 aromatic carbocycles. The van der Waals surface area contributed by atoms with Gasteiger partial charge < -0.3 is 14.2 Å². The summed E-state index contributed by atoms with van der Waals surface area (Å²) in [5.41, 5.74) is 4.91. The molecule has 152 valence electrons. The number of carbonyl (C=O) groups excluding carboxylic acids is 2. The summed E-state index contributed by atoms with van der Waals surface area (Å²) in [6.45, 7) is 0. The number of rotatable bonds is 5. The number of hydrazine groups is 1. The van der Waals surface area contributed by atoms with E-state index in [1.165, 1.54) is 44.8 Å². The largest absolute Gasteiger partial charge is 0.493 e. The molecule has 2 N–H and O–H groups in total. The standard InChI is InChI=1S/C19H16Cl2N2O5S/c1-26-12-6-9(7-13(27-2)16(12)28-3)18(24)22-23-19(25)17-15(21)11-5-4-10(20)8-14(11)29-17/h4-8H,1-3H3,(H,22,24)(H,23,25). The zero-order valence-corrected chi connectivity index (χ0v) is 17.9. The van der Waals surface area contributed by atoms with E-state index in [4.69, 9.17) is 37.4 Å². The van der Waals surface area contributed by atoms with Gasteiger partial charge in [-0.2, -0.15) is 0 Å². The summed E-state index contributed by atoms with van der Waals surface area (Å²) in [5.74, 6) is -0.141. The van der Waals surface area contributed by atoms with Gasteiger partial charge in [-0.3, -0.25) is 20.4 Å². The van der Waals surface area contributed by atoms with Gasteiger partial charge in [-0.25, -0.2) is 0 Å². The molecule has 3 rings (SSSR count). The van der Waals surface area contributed by atoms with Crippen LogP contribution < -0.4 is 25.1 Å². The van der Waals surface area contributed by atoms with E-state index in [-0.39, 0.29) is 10.4 Å². The smallest absolute Gasteiger partial charge is 0.281 e. The number of ether oxygens (including phenoxy) is 3. The quantitative estimate of drug-likeness (QED) is 0.560. The first kappa shape index (κ1) is 21.0. The van der Waals surface area contributed by atoms with Gasteiger partial charge in [0.25, 0.3) is 11.8 Å². The number of hydrogen-bond acceptors (Lipinski definition) is 6. The lowest BCUT2D eigenvalue weighted by Gasteiger charge is -2.14. The molecule has 2 amide bonds. The molecule has 0 saturated carbocycles. The van der Waals surface area contributed by atoms with Crippen LogP contribution in [0, 0.1) is 0 Å². The number of nitrogens with one attached hydrogen (secondary N) is 2. The molecule has 0 fully saturated rings. The first-order valence-electron chi connectivity index (χ1n) is 8.17. The van der Waals surface area contributed by atoms with E-state index in [0.717, 1.165) is 4.70 Å². The SMILES string of the molecule is COc1cc(C(=O)NNC(=O)c2sc3cc(Cl)ccc3c2Cl)cc(OC)c1OC. The highest BCUT2D eigenvalue weighted by atomic mass is 35.5. The monoisotopic (exact) mass is 454 g/mol. The Hall–Kier alpha value is -2.68. The molecule has 0 aliphatic rings. The predicted octanol–water partition coefficient (Wildman–Crippen LogP) is 4.31. The lowest BCUT2D eigenvalue weighted by Crippen LogP contribution is -2.41. The van der Waals surface area contributed by atoms with Crippen molar-refractivity contribution in [1.82, 2.24) is 10.9 Å². The van der Waals surface area contributed by atoms with Crippen molar-refractivity contribution in [2.75, 3.05) is 21.3 Å². The second-order valence-corrected chi connectivity index (χ2v) is 7.57. The molecule has 0 aliphatic heterocycles. The zero-order chi connectivity index (χ0) is 21.1. The van der Waals surface area contributed by atoms with Crippen LogP contribution in [0.3, 0.4) is 0 Å². The minimum atomic E-state index is -0.571. The van der Waals surface area contributed by atoms with Crippen molar-refractivity contribution in [2.45, 2.75) is 0 Å². The van der Waals surface area contributed by atoms with Gasteiger partial charge >= 0.3 is 0 Å². The molecule has 7 nitrogen and oxygen atoms in total. The van der Waals surface area contributed by atoms with Crippen LogP contribution in [0.1, 0.15) is 20.0 Å². The Labute approximate surface area is 180 Å². The van der Waals surface area contributed by atoms with Gasteiger partial charge in [0, 0.05) is 20.7 Å². The molecule has 1 aromatic heterocycles. The third kappa shape index (κ3) is 4.19. The van der Waals surface area contributed by atoms with E-state index < -0.39 is 11.8 Å². The van der Waals surface area contributed by atoms with Crippen LogP contribution in [0.15, 0.2) is 30.3 Å². The molecule has 0 bridgehead atoms. The van der Waals surface area contributed by atoms with E-state index in [2.05, 4.69) is 10.9 Å². The molecule has 0 radical (unpaired) electrons. The fourth-order valence-corrected chi connectivity index (χ4v) is 4.33. The van der Waals surface area contributed by atoms with Gasteiger partial charge in [-0.15, -0.1) is 11.3 Å². The fourth-order valence-electron chi connectivity index (χ4n) is 2.64. The minimum absolute atomic E-state index is 0.203. The van der Waals surface area contributed by atoms with Gasteiger partial charge in [0.05, 0.1) is 26.4 Å². The number of benzene rings is 2. The molecule has 29 heavy (non-hydrogen) atoms. The summed E-state index contributed by atoms with van der Waals surface area (Å²) in [5, 5.41) is 1.54. The van der Waals surface area contributed by atoms with Crippen LogP contribution >= 0.6 is 34.5 Å². The number of amides is 2. The molecule has 0 atom stereocenters. The zero-order valence-electron chi connectivity index (χ0n) is 15.6. The Bertz CT molecular complexity index is 1070. The summed E-state index contributed by atoms with van der Waals surface area (Å²) in [4.78, 5) is 25.3. The average Bonchev–Trinajstić information content (AvgIpc) is 3.06. The minimum Gasteiger partial charge on any atom is -0.493 e. The molecule has 0 aliphatic carbocycles. The van der Waals surface area contributed by atoms with Crippen LogP contribution in [-0.4, -0.2) is 33.1 Å². The highest BCUT2D eigenvalue weighted by Crippen LogP contribution is 2.38. The van der Waals surface area contributed by atoms with Gasteiger partial charge in [-0.1, -0.05) is 29.3 Å². The maximum Gasteiger partial charge on any atom is 0.281 e. The maximum absolute atomic E-state index is 12.5. The summed E-state index contributed by atoms with van der Waals surface area (Å²) < 4.78 is 16.4. The van der Waals surface area contributed by atoms with Crippen molar-refractivity contribution in [2.24, 2.45) is 0 Å². The number of methoxy groups -OCH3 is 3. The van der Waals surface area contributed by atoms with Gasteiger partial charge in [0.15, 0.2) is 11.5 Å². The number of halogens is 2. The highest BCUT2D eigenvalue weighted by Gasteiger charge is 2.20. The van der Waals surface area contributed by atoms with Crippen LogP contribution in [0.5, 0.6) is 17.2 Å². The first-order valence-corrected chi connectivity index (χ1v) is 9.75. The van der Waals surface area contributed by atoms with E-state index in [1.54, 1.807) is 18.2 Å². The Morgan fingerprint density at radius 1 is 0.897 bits per heavy atom. The molecule has 10 heteroatoms. The van der Waals surface area contributed by atoms with Crippen molar-refractivity contribution in [3.8, 4) is 17.2 Å². The number of hydrogen-bond donors (Lipinski definition) is 2. The average molecular weight is 455 g/mol. The molecular formula is C19H16Cl2N2O5S. The Morgan fingerprint density at radius 3 is 2.10 bits per heavy atom. The van der Waals surface area contributed by atoms with E-state index in [1.807, 2.05) is 0 Å². The first-order chi connectivity index (χ1) is 13.9. The van der Waals surface area contributed by atoms with E-state index >= 15 is 0 Å². The van der Waals surface area contributed by atoms with E-state index in [9.17, 15) is 9.59 Å². The van der Waals surface area contributed by atoms with E-state index in [0.29, 0.717) is 32.7 Å². The fraction of sp³-hybridized carbons (Fsp3) is 0.158. The lowest BCUT2D eigenvalue weighted by atomic mass is 10.1. The van der Waals surface area contributed by atoms with Crippen LogP contribution in [0.2, 0.25) is 10.0 Å². The summed E-state index contributed by atoms with van der Waals surface area (Å²) >= 11 is 13.4. The third-order valence-corrected chi connectivity index (χ3v) is 5.91. The van der Waals surface area contributed by atoms with Crippen molar-refractivity contribution < 1.29 is 23.8 Å². The Kier molecular flexibility index (Phi) is 6.36.